The quantitative estimate of drug-likeness (QED) is 0.939. The Morgan fingerprint density at radius 2 is 2.24 bits per heavy atom. The van der Waals surface area contributed by atoms with E-state index in [2.05, 4.69) is 36.3 Å². The van der Waals surface area contributed by atoms with Gasteiger partial charge in [0.15, 0.2) is 0 Å². The zero-order chi connectivity index (χ0) is 12.4. The number of nitrogens with one attached hydrogen (secondary N) is 1. The van der Waals surface area contributed by atoms with Crippen LogP contribution in [0.3, 0.4) is 0 Å². The van der Waals surface area contributed by atoms with Crippen molar-refractivity contribution in [3.63, 3.8) is 0 Å². The van der Waals surface area contributed by atoms with Crippen LogP contribution in [0.1, 0.15) is 5.69 Å². The minimum Gasteiger partial charge on any atom is -0.480 e. The van der Waals surface area contributed by atoms with Gasteiger partial charge in [-0.25, -0.2) is 4.98 Å². The lowest BCUT2D eigenvalue weighted by Crippen LogP contribution is -1.99. The normalized spacial score (nSPS) is 10.4. The van der Waals surface area contributed by atoms with Crippen molar-refractivity contribution < 1.29 is 4.74 Å². The van der Waals surface area contributed by atoms with E-state index < -0.39 is 0 Å². The lowest BCUT2D eigenvalue weighted by molar-refractivity contribution is 0.394. The summed E-state index contributed by atoms with van der Waals surface area (Å²) in [6.45, 7) is 1.92. The van der Waals surface area contributed by atoms with Crippen molar-refractivity contribution in [2.24, 2.45) is 7.05 Å². The summed E-state index contributed by atoms with van der Waals surface area (Å²) in [5.41, 5.74) is 1.76. The average molecular weight is 298 g/mol. The van der Waals surface area contributed by atoms with Gasteiger partial charge in [0.2, 0.25) is 11.8 Å². The maximum Gasteiger partial charge on any atom is 0.232 e. The first-order valence-corrected chi connectivity index (χ1v) is 5.73. The van der Waals surface area contributed by atoms with Gasteiger partial charge in [0.05, 0.1) is 29.2 Å². The molecule has 6 nitrogen and oxygen atoms in total. The lowest BCUT2D eigenvalue weighted by Gasteiger charge is -2.05. The number of anilines is 2. The molecule has 0 radical (unpaired) electrons. The molecule has 0 amide bonds. The first-order chi connectivity index (χ1) is 8.10. The Kier molecular flexibility index (Phi) is 3.28. The number of aromatic nitrogens is 4. The molecular weight excluding hydrogens is 286 g/mol. The van der Waals surface area contributed by atoms with E-state index in [1.165, 1.54) is 0 Å². The molecule has 0 bridgehead atoms. The molecule has 0 saturated carbocycles. The SMILES string of the molecule is COc1nc(Nc2cn(C)nc2C)ncc1Br. The largest absolute Gasteiger partial charge is 0.480 e. The molecular formula is C10H12BrN5O. The molecule has 0 aromatic carbocycles. The molecule has 7 heteroatoms. The Morgan fingerprint density at radius 1 is 1.47 bits per heavy atom. The molecule has 0 aliphatic rings. The Labute approximate surface area is 107 Å². The van der Waals surface area contributed by atoms with E-state index in [1.807, 2.05) is 20.2 Å². The molecule has 0 unspecified atom stereocenters. The minimum atomic E-state index is 0.473. The summed E-state index contributed by atoms with van der Waals surface area (Å²) in [5.74, 6) is 0.963. The van der Waals surface area contributed by atoms with Gasteiger partial charge in [-0.3, -0.25) is 4.68 Å². The molecule has 2 heterocycles. The van der Waals surface area contributed by atoms with Crippen LogP contribution in [-0.4, -0.2) is 26.9 Å². The van der Waals surface area contributed by atoms with Crippen molar-refractivity contribution in [2.45, 2.75) is 6.92 Å². The van der Waals surface area contributed by atoms with Crippen LogP contribution in [-0.2, 0) is 7.05 Å². The number of rotatable bonds is 3. The van der Waals surface area contributed by atoms with E-state index in [9.17, 15) is 0 Å². The van der Waals surface area contributed by atoms with Gasteiger partial charge in [0.1, 0.15) is 0 Å². The summed E-state index contributed by atoms with van der Waals surface area (Å²) in [6, 6.07) is 0. The summed E-state index contributed by atoms with van der Waals surface area (Å²) in [5, 5.41) is 7.31. The van der Waals surface area contributed by atoms with Gasteiger partial charge in [-0.1, -0.05) is 0 Å². The zero-order valence-electron chi connectivity index (χ0n) is 9.73. The van der Waals surface area contributed by atoms with Crippen LogP contribution in [0.4, 0.5) is 11.6 Å². The van der Waals surface area contributed by atoms with Gasteiger partial charge >= 0.3 is 0 Å². The first kappa shape index (κ1) is 11.8. The number of hydrogen-bond donors (Lipinski definition) is 1. The third-order valence-electron chi connectivity index (χ3n) is 2.17. The highest BCUT2D eigenvalue weighted by Gasteiger charge is 2.08. The van der Waals surface area contributed by atoms with Gasteiger partial charge in [-0.15, -0.1) is 0 Å². The molecule has 0 fully saturated rings. The average Bonchev–Trinajstić information content (AvgIpc) is 2.60. The van der Waals surface area contributed by atoms with E-state index in [0.29, 0.717) is 16.3 Å². The van der Waals surface area contributed by atoms with Crippen molar-refractivity contribution in [3.05, 3.63) is 22.6 Å². The monoisotopic (exact) mass is 297 g/mol. The Balaban J connectivity index is 2.27. The van der Waals surface area contributed by atoms with Gasteiger partial charge < -0.3 is 10.1 Å². The molecule has 0 saturated heterocycles. The van der Waals surface area contributed by atoms with Crippen LogP contribution in [0.2, 0.25) is 0 Å². The third kappa shape index (κ3) is 2.55. The highest BCUT2D eigenvalue weighted by molar-refractivity contribution is 9.10. The molecule has 0 aliphatic carbocycles. The minimum absolute atomic E-state index is 0.473. The van der Waals surface area contributed by atoms with E-state index in [0.717, 1.165) is 11.4 Å². The van der Waals surface area contributed by atoms with E-state index in [4.69, 9.17) is 4.74 Å². The molecule has 2 aromatic rings. The van der Waals surface area contributed by atoms with Crippen LogP contribution in [0.15, 0.2) is 16.9 Å². The predicted octanol–water partition coefficient (Wildman–Crippen LogP) is 2.03. The summed E-state index contributed by atoms with van der Waals surface area (Å²) >= 11 is 3.30. The fourth-order valence-corrected chi connectivity index (χ4v) is 1.75. The second-order valence-electron chi connectivity index (χ2n) is 3.48. The second-order valence-corrected chi connectivity index (χ2v) is 4.33. The van der Waals surface area contributed by atoms with Gasteiger partial charge in [-0.2, -0.15) is 10.1 Å². The van der Waals surface area contributed by atoms with E-state index in [1.54, 1.807) is 18.0 Å². The zero-order valence-corrected chi connectivity index (χ0v) is 11.3. The van der Waals surface area contributed by atoms with Gasteiger partial charge in [0.25, 0.3) is 0 Å². The summed E-state index contributed by atoms with van der Waals surface area (Å²) in [4.78, 5) is 8.35. The Hall–Kier alpha value is -1.63. The molecule has 2 rings (SSSR count). The summed E-state index contributed by atoms with van der Waals surface area (Å²) in [6.07, 6.45) is 3.51. The Bertz CT molecular complexity index is 539. The van der Waals surface area contributed by atoms with Crippen molar-refractivity contribution in [2.75, 3.05) is 12.4 Å². The van der Waals surface area contributed by atoms with Crippen molar-refractivity contribution in [1.82, 2.24) is 19.7 Å². The topological polar surface area (TPSA) is 64.9 Å². The van der Waals surface area contributed by atoms with Crippen LogP contribution >= 0.6 is 15.9 Å². The van der Waals surface area contributed by atoms with Crippen molar-refractivity contribution in [3.8, 4) is 5.88 Å². The molecule has 0 atom stereocenters. The van der Waals surface area contributed by atoms with E-state index >= 15 is 0 Å². The van der Waals surface area contributed by atoms with Crippen LogP contribution in [0.5, 0.6) is 5.88 Å². The van der Waals surface area contributed by atoms with Gasteiger partial charge in [-0.05, 0) is 22.9 Å². The first-order valence-electron chi connectivity index (χ1n) is 4.94. The standard InChI is InChI=1S/C10H12BrN5O/c1-6-8(5-16(2)15-6)13-10-12-4-7(11)9(14-10)17-3/h4-5H,1-3H3,(H,12,13,14). The molecule has 17 heavy (non-hydrogen) atoms. The lowest BCUT2D eigenvalue weighted by atomic mass is 10.4. The third-order valence-corrected chi connectivity index (χ3v) is 2.71. The number of methoxy groups -OCH3 is 1. The van der Waals surface area contributed by atoms with Crippen molar-refractivity contribution >= 4 is 27.6 Å². The van der Waals surface area contributed by atoms with E-state index in [-0.39, 0.29) is 0 Å². The smallest absolute Gasteiger partial charge is 0.232 e. The van der Waals surface area contributed by atoms with Crippen LogP contribution in [0, 0.1) is 6.92 Å². The fourth-order valence-electron chi connectivity index (χ4n) is 1.40. The number of ether oxygens (including phenoxy) is 1. The van der Waals surface area contributed by atoms with Gasteiger partial charge in [0, 0.05) is 13.2 Å². The van der Waals surface area contributed by atoms with Crippen molar-refractivity contribution in [1.29, 1.82) is 0 Å². The highest BCUT2D eigenvalue weighted by Crippen LogP contribution is 2.24. The number of halogens is 1. The Morgan fingerprint density at radius 3 is 2.82 bits per heavy atom. The number of hydrogen-bond acceptors (Lipinski definition) is 5. The maximum absolute atomic E-state index is 5.10. The molecule has 90 valence electrons. The van der Waals surface area contributed by atoms with Crippen LogP contribution in [0.25, 0.3) is 0 Å². The molecule has 0 aliphatic heterocycles. The second kappa shape index (κ2) is 4.70. The summed E-state index contributed by atoms with van der Waals surface area (Å²) in [7, 11) is 3.42. The predicted molar refractivity (Wildman–Crippen MR) is 67.5 cm³/mol. The molecule has 1 N–H and O–H groups in total. The number of aryl methyl sites for hydroxylation is 2. The van der Waals surface area contributed by atoms with Crippen LogP contribution < -0.4 is 10.1 Å². The molecule has 2 aromatic heterocycles. The fraction of sp³-hybridized carbons (Fsp3) is 0.300. The maximum atomic E-state index is 5.10. The highest BCUT2D eigenvalue weighted by atomic mass is 79.9. The number of nitrogens with zero attached hydrogens (tertiary/aromatic N) is 4. The summed E-state index contributed by atoms with van der Waals surface area (Å²) < 4.78 is 7.55. The molecule has 0 spiro atoms.